The fourth-order valence-corrected chi connectivity index (χ4v) is 4.81. The molecule has 0 aliphatic carbocycles. The molecule has 0 aliphatic rings. The van der Waals surface area contributed by atoms with Crippen LogP contribution >= 0.6 is 22.9 Å². The molecule has 0 atom stereocenters. The monoisotopic (exact) mass is 498 g/mol. The molecule has 33 heavy (non-hydrogen) atoms. The molecule has 0 unspecified atom stereocenters. The zero-order chi connectivity index (χ0) is 23.4. The fourth-order valence-electron chi connectivity index (χ4n) is 2.95. The van der Waals surface area contributed by atoms with Gasteiger partial charge >= 0.3 is 0 Å². The van der Waals surface area contributed by atoms with Crippen LogP contribution in [0.25, 0.3) is 11.3 Å². The van der Waals surface area contributed by atoms with Gasteiger partial charge in [0.15, 0.2) is 0 Å². The lowest BCUT2D eigenvalue weighted by Gasteiger charge is -2.11. The van der Waals surface area contributed by atoms with Crippen LogP contribution in [0, 0.1) is 10.1 Å². The Kier molecular flexibility index (Phi) is 6.50. The predicted molar refractivity (Wildman–Crippen MR) is 130 cm³/mol. The molecule has 1 heterocycles. The quantitative estimate of drug-likeness (QED) is 0.193. The Morgan fingerprint density at radius 3 is 2.48 bits per heavy atom. The number of halogens is 1. The number of nitro benzene ring substituents is 1. The molecule has 0 aliphatic heterocycles. The first-order valence-corrected chi connectivity index (χ1v) is 12.2. The van der Waals surface area contributed by atoms with E-state index in [2.05, 4.69) is 14.7 Å². The number of para-hydroxylation sites is 2. The van der Waals surface area contributed by atoms with Crippen molar-refractivity contribution in [1.82, 2.24) is 4.98 Å². The molecule has 0 amide bonds. The van der Waals surface area contributed by atoms with Crippen molar-refractivity contribution in [3.63, 3.8) is 0 Å². The Morgan fingerprint density at radius 2 is 1.73 bits per heavy atom. The zero-order valence-electron chi connectivity index (χ0n) is 16.8. The fraction of sp³-hybridized carbons (Fsp3) is 0. The van der Waals surface area contributed by atoms with Gasteiger partial charge in [-0.15, -0.1) is 11.3 Å². The summed E-state index contributed by atoms with van der Waals surface area (Å²) in [6, 6.07) is 19.0. The van der Waals surface area contributed by atoms with Gasteiger partial charge in [-0.1, -0.05) is 41.9 Å². The highest BCUT2D eigenvalue weighted by atomic mass is 35.5. The van der Waals surface area contributed by atoms with E-state index in [1.807, 2.05) is 0 Å². The second kappa shape index (κ2) is 9.49. The summed E-state index contributed by atoms with van der Waals surface area (Å²) in [6.07, 6.45) is 1.38. The van der Waals surface area contributed by atoms with Gasteiger partial charge in [0.2, 0.25) is 5.13 Å². The number of thiazole rings is 1. The molecule has 0 saturated heterocycles. The number of nitro groups is 1. The summed E-state index contributed by atoms with van der Waals surface area (Å²) in [7, 11) is -3.84. The van der Waals surface area contributed by atoms with Crippen LogP contribution in [0.2, 0.25) is 5.02 Å². The minimum Gasteiger partial charge on any atom is -0.279 e. The summed E-state index contributed by atoms with van der Waals surface area (Å²) in [4.78, 5) is 19.5. The second-order valence-electron chi connectivity index (χ2n) is 6.69. The molecule has 0 saturated carbocycles. The van der Waals surface area contributed by atoms with E-state index in [1.54, 1.807) is 47.8 Å². The third kappa shape index (κ3) is 5.25. The van der Waals surface area contributed by atoms with E-state index in [1.165, 1.54) is 47.9 Å². The summed E-state index contributed by atoms with van der Waals surface area (Å²) in [6.45, 7) is 0. The molecule has 8 nitrogen and oxygen atoms in total. The zero-order valence-corrected chi connectivity index (χ0v) is 19.1. The van der Waals surface area contributed by atoms with E-state index in [9.17, 15) is 18.5 Å². The van der Waals surface area contributed by atoms with Crippen LogP contribution < -0.4 is 4.72 Å². The van der Waals surface area contributed by atoms with Crippen LogP contribution in [0.4, 0.5) is 16.5 Å². The van der Waals surface area contributed by atoms with E-state index < -0.39 is 14.9 Å². The summed E-state index contributed by atoms with van der Waals surface area (Å²) in [5, 5.41) is 13.7. The molecule has 0 bridgehead atoms. The van der Waals surface area contributed by atoms with E-state index in [4.69, 9.17) is 11.6 Å². The van der Waals surface area contributed by atoms with Gasteiger partial charge in [-0.2, -0.15) is 0 Å². The number of anilines is 1. The molecule has 1 N–H and O–H groups in total. The number of nitrogens with zero attached hydrogens (tertiary/aromatic N) is 3. The smallest absolute Gasteiger partial charge is 0.278 e. The van der Waals surface area contributed by atoms with E-state index >= 15 is 0 Å². The third-order valence-electron chi connectivity index (χ3n) is 4.51. The highest BCUT2D eigenvalue weighted by Crippen LogP contribution is 2.33. The lowest BCUT2D eigenvalue weighted by molar-refractivity contribution is -0.385. The molecule has 0 spiro atoms. The summed E-state index contributed by atoms with van der Waals surface area (Å²) >= 11 is 7.08. The van der Waals surface area contributed by atoms with Gasteiger partial charge in [0.05, 0.1) is 26.8 Å². The van der Waals surface area contributed by atoms with Gasteiger partial charge in [-0.05, 0) is 36.4 Å². The van der Waals surface area contributed by atoms with E-state index in [-0.39, 0.29) is 10.6 Å². The maximum atomic E-state index is 12.8. The topological polar surface area (TPSA) is 115 Å². The number of sulfonamides is 1. The number of rotatable bonds is 7. The van der Waals surface area contributed by atoms with E-state index in [0.29, 0.717) is 32.7 Å². The van der Waals surface area contributed by atoms with Crippen molar-refractivity contribution >= 4 is 55.7 Å². The summed E-state index contributed by atoms with van der Waals surface area (Å²) in [5.41, 5.74) is 1.74. The SMILES string of the molecule is O=[N+]([O-])c1ccccc1/C=N/c1nc(-c2ccccc2NS(=O)(=O)c2ccc(Cl)cc2)cs1. The molecule has 4 aromatic rings. The van der Waals surface area contributed by atoms with Crippen LogP contribution in [0.5, 0.6) is 0 Å². The number of benzene rings is 3. The van der Waals surface area contributed by atoms with Crippen molar-refractivity contribution < 1.29 is 13.3 Å². The van der Waals surface area contributed by atoms with Crippen molar-refractivity contribution in [3.8, 4) is 11.3 Å². The van der Waals surface area contributed by atoms with Crippen LogP contribution in [-0.2, 0) is 10.0 Å². The first kappa shape index (κ1) is 22.6. The van der Waals surface area contributed by atoms with Crippen LogP contribution in [0.15, 0.2) is 88.1 Å². The van der Waals surface area contributed by atoms with Gasteiger partial charge in [0, 0.05) is 28.2 Å². The molecular weight excluding hydrogens is 484 g/mol. The average molecular weight is 499 g/mol. The van der Waals surface area contributed by atoms with Gasteiger partial charge in [-0.3, -0.25) is 14.8 Å². The molecule has 3 aromatic carbocycles. The van der Waals surface area contributed by atoms with Crippen molar-refractivity contribution in [2.75, 3.05) is 4.72 Å². The Hall–Kier alpha value is -3.60. The van der Waals surface area contributed by atoms with Crippen molar-refractivity contribution in [3.05, 3.63) is 98.9 Å². The second-order valence-corrected chi connectivity index (χ2v) is 9.65. The lowest BCUT2D eigenvalue weighted by atomic mass is 10.1. The minimum absolute atomic E-state index is 0.0556. The van der Waals surface area contributed by atoms with Crippen LogP contribution in [-0.4, -0.2) is 24.5 Å². The molecular formula is C22H15ClN4O4S2. The Morgan fingerprint density at radius 1 is 1.03 bits per heavy atom. The standard InChI is InChI=1S/C22H15ClN4O4S2/c23-16-9-11-17(12-10-16)33(30,31)26-19-7-3-2-6-18(19)20-14-32-22(25-20)24-13-15-5-1-4-8-21(15)27(28)29/h1-14,26H/b24-13+. The largest absolute Gasteiger partial charge is 0.279 e. The molecule has 0 radical (unpaired) electrons. The maximum Gasteiger partial charge on any atom is 0.278 e. The number of aromatic nitrogens is 1. The van der Waals surface area contributed by atoms with Crippen molar-refractivity contribution in [1.29, 1.82) is 0 Å². The summed E-state index contributed by atoms with van der Waals surface area (Å²) < 4.78 is 28.2. The third-order valence-corrected chi connectivity index (χ3v) is 6.89. The maximum absolute atomic E-state index is 12.8. The first-order valence-electron chi connectivity index (χ1n) is 9.44. The molecule has 166 valence electrons. The first-order chi connectivity index (χ1) is 15.8. The molecule has 11 heteroatoms. The van der Waals surface area contributed by atoms with Gasteiger partial charge < -0.3 is 0 Å². The number of hydrogen-bond acceptors (Lipinski definition) is 7. The number of aliphatic imine (C=N–C) groups is 1. The summed E-state index contributed by atoms with van der Waals surface area (Å²) in [5.74, 6) is 0. The number of hydrogen-bond donors (Lipinski definition) is 1. The van der Waals surface area contributed by atoms with E-state index in [0.717, 1.165) is 0 Å². The highest BCUT2D eigenvalue weighted by Gasteiger charge is 2.17. The molecule has 1 aromatic heterocycles. The van der Waals surface area contributed by atoms with Gasteiger partial charge in [0.1, 0.15) is 0 Å². The Labute approximate surface area is 198 Å². The highest BCUT2D eigenvalue weighted by molar-refractivity contribution is 7.92. The van der Waals surface area contributed by atoms with Crippen molar-refractivity contribution in [2.45, 2.75) is 4.90 Å². The number of nitrogens with one attached hydrogen (secondary N) is 1. The lowest BCUT2D eigenvalue weighted by Crippen LogP contribution is -2.13. The molecule has 4 rings (SSSR count). The Balaban J connectivity index is 1.61. The van der Waals surface area contributed by atoms with Crippen LogP contribution in [0.1, 0.15) is 5.56 Å². The van der Waals surface area contributed by atoms with Crippen molar-refractivity contribution in [2.24, 2.45) is 4.99 Å². The van der Waals surface area contributed by atoms with Gasteiger partial charge in [-0.25, -0.2) is 18.4 Å². The Bertz CT molecular complexity index is 1450. The van der Waals surface area contributed by atoms with Crippen LogP contribution in [0.3, 0.4) is 0 Å². The minimum atomic E-state index is -3.84. The predicted octanol–water partition coefficient (Wildman–Crippen LogP) is 5.92. The normalized spacial score (nSPS) is 11.5. The molecule has 0 fully saturated rings. The van der Waals surface area contributed by atoms with Gasteiger partial charge in [0.25, 0.3) is 15.7 Å². The average Bonchev–Trinajstić information content (AvgIpc) is 3.27.